The highest BCUT2D eigenvalue weighted by Gasteiger charge is 2.54. The minimum atomic E-state index is -0.128. The molecule has 2 fully saturated rings. The SMILES string of the molecule is COc1ccc(C)c(CC[C@@H]2C(=O)CC[C@]3(C)/C(=C/CCCC(C)C)C(=O)C[C@@H]23)c1. The summed E-state index contributed by atoms with van der Waals surface area (Å²) in [6.07, 6.45) is 9.16. The first-order chi connectivity index (χ1) is 14.3. The number of ether oxygens (including phenoxy) is 1. The molecular formula is C27H38O3. The van der Waals surface area contributed by atoms with E-state index >= 15 is 0 Å². The van der Waals surface area contributed by atoms with Crippen LogP contribution >= 0.6 is 0 Å². The Morgan fingerprint density at radius 3 is 2.73 bits per heavy atom. The van der Waals surface area contributed by atoms with Crippen LogP contribution in [0.3, 0.4) is 0 Å². The molecule has 0 aliphatic heterocycles. The predicted molar refractivity (Wildman–Crippen MR) is 122 cm³/mol. The van der Waals surface area contributed by atoms with Gasteiger partial charge in [-0.3, -0.25) is 9.59 Å². The highest BCUT2D eigenvalue weighted by Crippen LogP contribution is 2.56. The van der Waals surface area contributed by atoms with E-state index in [0.717, 1.165) is 43.4 Å². The second kappa shape index (κ2) is 9.49. The van der Waals surface area contributed by atoms with E-state index in [2.05, 4.69) is 45.9 Å². The van der Waals surface area contributed by atoms with Crippen molar-refractivity contribution in [2.45, 2.75) is 79.1 Å². The molecule has 1 aromatic carbocycles. The number of ketones is 2. The average molecular weight is 411 g/mol. The van der Waals surface area contributed by atoms with Crippen LogP contribution in [0.2, 0.25) is 0 Å². The van der Waals surface area contributed by atoms with Crippen LogP contribution in [0.15, 0.2) is 29.8 Å². The van der Waals surface area contributed by atoms with Crippen molar-refractivity contribution in [3.8, 4) is 5.75 Å². The second-order valence-electron chi connectivity index (χ2n) is 10.00. The lowest BCUT2D eigenvalue weighted by atomic mass is 9.61. The van der Waals surface area contributed by atoms with Crippen LogP contribution < -0.4 is 4.74 Å². The van der Waals surface area contributed by atoms with Crippen molar-refractivity contribution >= 4 is 11.6 Å². The van der Waals surface area contributed by atoms with Gasteiger partial charge in [0.1, 0.15) is 11.5 Å². The van der Waals surface area contributed by atoms with Crippen molar-refractivity contribution in [2.75, 3.05) is 7.11 Å². The lowest BCUT2D eigenvalue weighted by Crippen LogP contribution is -2.39. The minimum absolute atomic E-state index is 0.0140. The molecule has 0 unspecified atom stereocenters. The Bertz CT molecular complexity index is 819. The van der Waals surface area contributed by atoms with Crippen molar-refractivity contribution in [3.05, 3.63) is 41.0 Å². The van der Waals surface area contributed by atoms with E-state index in [1.54, 1.807) is 7.11 Å². The van der Waals surface area contributed by atoms with Crippen LogP contribution in [-0.4, -0.2) is 18.7 Å². The highest BCUT2D eigenvalue weighted by molar-refractivity contribution is 6.01. The normalized spacial score (nSPS) is 27.7. The second-order valence-corrected chi connectivity index (χ2v) is 10.00. The summed E-state index contributed by atoms with van der Waals surface area (Å²) in [5.41, 5.74) is 3.36. The first-order valence-electron chi connectivity index (χ1n) is 11.7. The molecule has 1 aromatic rings. The summed E-state index contributed by atoms with van der Waals surface area (Å²) in [6.45, 7) is 8.84. The van der Waals surface area contributed by atoms with Gasteiger partial charge in [0.15, 0.2) is 5.78 Å². The topological polar surface area (TPSA) is 43.4 Å². The van der Waals surface area contributed by atoms with Gasteiger partial charge in [-0.25, -0.2) is 0 Å². The van der Waals surface area contributed by atoms with Gasteiger partial charge in [-0.15, -0.1) is 0 Å². The molecule has 0 amide bonds. The lowest BCUT2D eigenvalue weighted by molar-refractivity contribution is -0.130. The van der Waals surface area contributed by atoms with E-state index in [1.165, 1.54) is 17.5 Å². The van der Waals surface area contributed by atoms with Crippen molar-refractivity contribution < 1.29 is 14.3 Å². The fraction of sp³-hybridized carbons (Fsp3) is 0.630. The third-order valence-corrected chi connectivity index (χ3v) is 7.54. The summed E-state index contributed by atoms with van der Waals surface area (Å²) in [6, 6.07) is 6.15. The zero-order valence-corrected chi connectivity index (χ0v) is 19.4. The van der Waals surface area contributed by atoms with Crippen LogP contribution in [0, 0.1) is 30.1 Å². The number of methoxy groups -OCH3 is 1. The summed E-state index contributed by atoms with van der Waals surface area (Å²) in [5.74, 6) is 2.34. The van der Waals surface area contributed by atoms with E-state index in [-0.39, 0.29) is 23.0 Å². The molecule has 3 rings (SSSR count). The van der Waals surface area contributed by atoms with Gasteiger partial charge in [0.2, 0.25) is 0 Å². The maximum Gasteiger partial charge on any atom is 0.159 e. The van der Waals surface area contributed by atoms with Gasteiger partial charge < -0.3 is 4.74 Å². The number of Topliss-reactive ketones (excluding diaryl/α,β-unsaturated/α-hetero) is 2. The third kappa shape index (κ3) is 4.71. The first-order valence-corrected chi connectivity index (χ1v) is 11.7. The number of hydrogen-bond acceptors (Lipinski definition) is 3. The third-order valence-electron chi connectivity index (χ3n) is 7.54. The number of unbranched alkanes of at least 4 members (excludes halogenated alkanes) is 1. The Morgan fingerprint density at radius 2 is 2.03 bits per heavy atom. The number of benzene rings is 1. The molecule has 0 spiro atoms. The molecule has 164 valence electrons. The smallest absolute Gasteiger partial charge is 0.159 e. The number of rotatable bonds is 8. The Balaban J connectivity index is 1.75. The molecule has 0 N–H and O–H groups in total. The van der Waals surface area contributed by atoms with Crippen molar-refractivity contribution in [3.63, 3.8) is 0 Å². The Kier molecular flexibility index (Phi) is 7.21. The molecule has 0 bridgehead atoms. The van der Waals surface area contributed by atoms with Gasteiger partial charge in [0, 0.05) is 24.2 Å². The maximum absolute atomic E-state index is 12.9. The molecule has 0 aromatic heterocycles. The molecule has 3 nitrogen and oxygen atoms in total. The van der Waals surface area contributed by atoms with E-state index < -0.39 is 0 Å². The Hall–Kier alpha value is -1.90. The number of carbonyl (C=O) groups is 2. The maximum atomic E-state index is 12.9. The summed E-state index contributed by atoms with van der Waals surface area (Å²) in [7, 11) is 1.68. The van der Waals surface area contributed by atoms with E-state index in [0.29, 0.717) is 24.5 Å². The molecule has 2 saturated carbocycles. The van der Waals surface area contributed by atoms with E-state index in [1.807, 2.05) is 6.07 Å². The van der Waals surface area contributed by atoms with Gasteiger partial charge in [0.05, 0.1) is 7.11 Å². The average Bonchev–Trinajstić information content (AvgIpc) is 2.96. The van der Waals surface area contributed by atoms with Gasteiger partial charge in [-0.2, -0.15) is 0 Å². The largest absolute Gasteiger partial charge is 0.497 e. The Morgan fingerprint density at radius 1 is 1.27 bits per heavy atom. The fourth-order valence-corrected chi connectivity index (χ4v) is 5.59. The minimum Gasteiger partial charge on any atom is -0.497 e. The lowest BCUT2D eigenvalue weighted by Gasteiger charge is -2.41. The van der Waals surface area contributed by atoms with Gasteiger partial charge in [0.25, 0.3) is 0 Å². The molecule has 0 heterocycles. The van der Waals surface area contributed by atoms with Crippen molar-refractivity contribution in [1.29, 1.82) is 0 Å². The molecule has 2 aliphatic rings. The summed E-state index contributed by atoms with van der Waals surface area (Å²) in [4.78, 5) is 25.8. The zero-order chi connectivity index (χ0) is 21.9. The van der Waals surface area contributed by atoms with Gasteiger partial charge >= 0.3 is 0 Å². The molecule has 2 aliphatic carbocycles. The molecular weight excluding hydrogens is 372 g/mol. The van der Waals surface area contributed by atoms with Crippen molar-refractivity contribution in [2.24, 2.45) is 23.2 Å². The van der Waals surface area contributed by atoms with E-state index in [9.17, 15) is 9.59 Å². The predicted octanol–water partition coefficient (Wildman–Crippen LogP) is 6.26. The standard InChI is InChI=1S/C27H38O3/c1-18(2)8-6-7-9-23-26(29)17-24-22(25(28)14-15-27(23,24)4)13-11-20-16-21(30-5)12-10-19(20)3/h9-10,12,16,18,22,24H,6-8,11,13-15,17H2,1-5H3/b23-9+/t22-,24-,27+/m0/s1. The van der Waals surface area contributed by atoms with E-state index in [4.69, 9.17) is 4.74 Å². The van der Waals surface area contributed by atoms with Crippen LogP contribution in [0.5, 0.6) is 5.75 Å². The van der Waals surface area contributed by atoms with Crippen LogP contribution in [0.25, 0.3) is 0 Å². The molecule has 0 radical (unpaired) electrons. The molecule has 3 atom stereocenters. The van der Waals surface area contributed by atoms with Crippen LogP contribution in [0.1, 0.15) is 76.8 Å². The number of aryl methyl sites for hydroxylation is 2. The summed E-state index contributed by atoms with van der Waals surface area (Å²) >= 11 is 0. The van der Waals surface area contributed by atoms with Gasteiger partial charge in [-0.05, 0) is 79.7 Å². The van der Waals surface area contributed by atoms with Gasteiger partial charge in [-0.1, -0.05) is 39.3 Å². The summed E-state index contributed by atoms with van der Waals surface area (Å²) in [5, 5.41) is 0. The highest BCUT2D eigenvalue weighted by atomic mass is 16.5. The molecule has 0 saturated heterocycles. The van der Waals surface area contributed by atoms with Crippen molar-refractivity contribution in [1.82, 2.24) is 0 Å². The number of allylic oxidation sites excluding steroid dienone is 2. The number of hydrogen-bond donors (Lipinski definition) is 0. The Labute approximate surface area is 182 Å². The molecule has 3 heteroatoms. The first kappa shape index (κ1) is 22.8. The quantitative estimate of drug-likeness (QED) is 0.375. The fourth-order valence-electron chi connectivity index (χ4n) is 5.59. The zero-order valence-electron chi connectivity index (χ0n) is 19.4. The monoisotopic (exact) mass is 410 g/mol. The number of fused-ring (bicyclic) bond motifs is 1. The van der Waals surface area contributed by atoms with Crippen LogP contribution in [0.4, 0.5) is 0 Å². The van der Waals surface area contributed by atoms with Crippen LogP contribution in [-0.2, 0) is 16.0 Å². The molecule has 30 heavy (non-hydrogen) atoms. The summed E-state index contributed by atoms with van der Waals surface area (Å²) < 4.78 is 5.38. The number of carbonyl (C=O) groups excluding carboxylic acids is 2.